The Labute approximate surface area is 86.5 Å². The highest BCUT2D eigenvalue weighted by molar-refractivity contribution is 4.83. The van der Waals surface area contributed by atoms with Crippen LogP contribution in [0.15, 0.2) is 0 Å². The van der Waals surface area contributed by atoms with Gasteiger partial charge in [0.2, 0.25) is 0 Å². The summed E-state index contributed by atoms with van der Waals surface area (Å²) < 4.78 is 0. The van der Waals surface area contributed by atoms with Crippen molar-refractivity contribution in [1.82, 2.24) is 5.32 Å². The second kappa shape index (κ2) is 4.60. The molecule has 1 aliphatic rings. The Morgan fingerprint density at radius 3 is 2.43 bits per heavy atom. The van der Waals surface area contributed by atoms with E-state index in [1.807, 2.05) is 20.8 Å². The summed E-state index contributed by atoms with van der Waals surface area (Å²) in [4.78, 5) is 0. The van der Waals surface area contributed by atoms with Gasteiger partial charge in [-0.05, 0) is 38.1 Å². The van der Waals surface area contributed by atoms with E-state index in [0.29, 0.717) is 12.5 Å². The number of rotatable bonds is 5. The van der Waals surface area contributed by atoms with E-state index in [2.05, 4.69) is 5.32 Å². The lowest BCUT2D eigenvalue weighted by atomic mass is 9.82. The van der Waals surface area contributed by atoms with Gasteiger partial charge in [0.25, 0.3) is 0 Å². The number of hydrogen-bond donors (Lipinski definition) is 3. The van der Waals surface area contributed by atoms with Crippen molar-refractivity contribution in [2.24, 2.45) is 11.8 Å². The minimum absolute atomic E-state index is 0.0765. The van der Waals surface area contributed by atoms with Gasteiger partial charge in [0.15, 0.2) is 0 Å². The predicted molar refractivity (Wildman–Crippen MR) is 57.1 cm³/mol. The van der Waals surface area contributed by atoms with Gasteiger partial charge in [-0.25, -0.2) is 0 Å². The molecule has 0 saturated heterocycles. The Kier molecular flexibility index (Phi) is 3.93. The third-order valence-corrected chi connectivity index (χ3v) is 3.37. The molecule has 1 fully saturated rings. The van der Waals surface area contributed by atoms with Crippen molar-refractivity contribution in [3.05, 3.63) is 0 Å². The van der Waals surface area contributed by atoms with E-state index >= 15 is 0 Å². The summed E-state index contributed by atoms with van der Waals surface area (Å²) in [5.74, 6) is 0.870. The molecular formula is C11H23NO2. The van der Waals surface area contributed by atoms with Gasteiger partial charge < -0.3 is 15.5 Å². The van der Waals surface area contributed by atoms with Crippen LogP contribution < -0.4 is 5.32 Å². The molecule has 0 aromatic carbocycles. The molecule has 1 atom stereocenters. The van der Waals surface area contributed by atoms with Gasteiger partial charge >= 0.3 is 0 Å². The van der Waals surface area contributed by atoms with Crippen molar-refractivity contribution in [1.29, 1.82) is 0 Å². The van der Waals surface area contributed by atoms with Crippen LogP contribution in [-0.2, 0) is 0 Å². The maximum absolute atomic E-state index is 9.94. The van der Waals surface area contributed by atoms with Gasteiger partial charge in [-0.1, -0.05) is 13.8 Å². The Hall–Kier alpha value is -0.120. The van der Waals surface area contributed by atoms with Gasteiger partial charge in [0, 0.05) is 6.54 Å². The summed E-state index contributed by atoms with van der Waals surface area (Å²) in [6.45, 7) is 7.46. The standard InChI is InChI=1S/C11H23NO2/c1-8(2)11(3,14)7-12-6-9-4-10(13)5-9/h8-10,12-14H,4-7H2,1-3H3. The topological polar surface area (TPSA) is 52.5 Å². The number of hydrogen-bond acceptors (Lipinski definition) is 3. The molecule has 3 nitrogen and oxygen atoms in total. The largest absolute Gasteiger partial charge is 0.393 e. The molecule has 0 bridgehead atoms. The van der Waals surface area contributed by atoms with E-state index in [9.17, 15) is 5.11 Å². The summed E-state index contributed by atoms with van der Waals surface area (Å²) in [6.07, 6.45) is 1.75. The monoisotopic (exact) mass is 201 g/mol. The molecule has 0 spiro atoms. The molecule has 84 valence electrons. The molecule has 0 aliphatic heterocycles. The zero-order valence-corrected chi connectivity index (χ0v) is 9.45. The third-order valence-electron chi connectivity index (χ3n) is 3.37. The molecule has 1 rings (SSSR count). The van der Waals surface area contributed by atoms with E-state index in [0.717, 1.165) is 19.4 Å². The molecule has 0 aromatic heterocycles. The van der Waals surface area contributed by atoms with Crippen molar-refractivity contribution >= 4 is 0 Å². The third kappa shape index (κ3) is 3.23. The molecule has 0 heterocycles. The van der Waals surface area contributed by atoms with Crippen LogP contribution in [0.2, 0.25) is 0 Å². The summed E-state index contributed by atoms with van der Waals surface area (Å²) in [6, 6.07) is 0. The Bertz CT molecular complexity index is 174. The van der Waals surface area contributed by atoms with Gasteiger partial charge in [-0.15, -0.1) is 0 Å². The van der Waals surface area contributed by atoms with Crippen molar-refractivity contribution < 1.29 is 10.2 Å². The van der Waals surface area contributed by atoms with Crippen LogP contribution in [0.1, 0.15) is 33.6 Å². The zero-order valence-electron chi connectivity index (χ0n) is 9.45. The highest BCUT2D eigenvalue weighted by atomic mass is 16.3. The number of nitrogens with one attached hydrogen (secondary N) is 1. The van der Waals surface area contributed by atoms with E-state index < -0.39 is 5.60 Å². The smallest absolute Gasteiger partial charge is 0.0766 e. The molecule has 1 unspecified atom stereocenters. The van der Waals surface area contributed by atoms with Crippen molar-refractivity contribution in [3.63, 3.8) is 0 Å². The maximum atomic E-state index is 9.94. The fourth-order valence-electron chi connectivity index (χ4n) is 1.60. The van der Waals surface area contributed by atoms with Gasteiger partial charge in [-0.3, -0.25) is 0 Å². The molecule has 1 aliphatic carbocycles. The van der Waals surface area contributed by atoms with E-state index in [4.69, 9.17) is 5.11 Å². The molecule has 3 heteroatoms. The lowest BCUT2D eigenvalue weighted by Crippen LogP contribution is -2.45. The minimum atomic E-state index is -0.623. The Morgan fingerprint density at radius 1 is 1.43 bits per heavy atom. The highest BCUT2D eigenvalue weighted by Crippen LogP contribution is 2.26. The quantitative estimate of drug-likeness (QED) is 0.615. The molecular weight excluding hydrogens is 178 g/mol. The average Bonchev–Trinajstić information content (AvgIpc) is 2.00. The number of aliphatic hydroxyl groups excluding tert-OH is 1. The van der Waals surface area contributed by atoms with Crippen LogP contribution in [0.25, 0.3) is 0 Å². The maximum Gasteiger partial charge on any atom is 0.0766 e. The first-order valence-corrected chi connectivity index (χ1v) is 5.53. The summed E-state index contributed by atoms with van der Waals surface area (Å²) >= 11 is 0. The zero-order chi connectivity index (χ0) is 10.8. The summed E-state index contributed by atoms with van der Waals surface area (Å²) in [7, 11) is 0. The molecule has 0 aromatic rings. The van der Waals surface area contributed by atoms with Gasteiger partial charge in [0.1, 0.15) is 0 Å². The van der Waals surface area contributed by atoms with Crippen LogP contribution in [0.3, 0.4) is 0 Å². The molecule has 14 heavy (non-hydrogen) atoms. The predicted octanol–water partition coefficient (Wildman–Crippen LogP) is 0.754. The average molecular weight is 201 g/mol. The second-order valence-electron chi connectivity index (χ2n) is 5.13. The van der Waals surface area contributed by atoms with Crippen LogP contribution >= 0.6 is 0 Å². The van der Waals surface area contributed by atoms with Crippen LogP contribution in [0.4, 0.5) is 0 Å². The van der Waals surface area contributed by atoms with Gasteiger partial charge in [0.05, 0.1) is 11.7 Å². The van der Waals surface area contributed by atoms with E-state index in [1.54, 1.807) is 0 Å². The molecule has 1 saturated carbocycles. The van der Waals surface area contributed by atoms with Crippen molar-refractivity contribution in [3.8, 4) is 0 Å². The molecule has 3 N–H and O–H groups in total. The lowest BCUT2D eigenvalue weighted by molar-refractivity contribution is 0.00678. The molecule has 0 radical (unpaired) electrons. The Morgan fingerprint density at radius 2 is 2.00 bits per heavy atom. The minimum Gasteiger partial charge on any atom is -0.393 e. The van der Waals surface area contributed by atoms with Gasteiger partial charge in [-0.2, -0.15) is 0 Å². The molecule has 0 amide bonds. The van der Waals surface area contributed by atoms with Crippen molar-refractivity contribution in [2.75, 3.05) is 13.1 Å². The summed E-state index contributed by atoms with van der Waals surface area (Å²) in [5, 5.41) is 22.3. The first-order chi connectivity index (χ1) is 6.42. The van der Waals surface area contributed by atoms with Crippen LogP contribution in [-0.4, -0.2) is 35.0 Å². The summed E-state index contributed by atoms with van der Waals surface area (Å²) in [5.41, 5.74) is -0.623. The van der Waals surface area contributed by atoms with Crippen molar-refractivity contribution in [2.45, 2.75) is 45.3 Å². The first-order valence-electron chi connectivity index (χ1n) is 5.53. The van der Waals surface area contributed by atoms with Crippen LogP contribution in [0, 0.1) is 11.8 Å². The second-order valence-corrected chi connectivity index (χ2v) is 5.13. The van der Waals surface area contributed by atoms with Crippen LogP contribution in [0.5, 0.6) is 0 Å². The fourth-order valence-corrected chi connectivity index (χ4v) is 1.60. The lowest BCUT2D eigenvalue weighted by Gasteiger charge is -2.33. The normalized spacial score (nSPS) is 31.3. The van der Waals surface area contributed by atoms with E-state index in [1.165, 1.54) is 0 Å². The van der Waals surface area contributed by atoms with E-state index in [-0.39, 0.29) is 12.0 Å². The Balaban J connectivity index is 2.09. The first kappa shape index (κ1) is 12.0. The fraction of sp³-hybridized carbons (Fsp3) is 1.00. The SMILES string of the molecule is CC(C)C(C)(O)CNCC1CC(O)C1. The highest BCUT2D eigenvalue weighted by Gasteiger charge is 2.28. The number of aliphatic hydroxyl groups is 2.